The standard InChI is InChI=1S/C10H13N3O2/c1-7(14)13-8-3-2-4-9(5-8)15-6-10(11)12/h2-5H,6H2,1H3,(H3,11,12)(H,13,14). The molecule has 1 amide bonds. The number of ether oxygens (including phenoxy) is 1. The second-order valence-electron chi connectivity index (χ2n) is 3.02. The number of nitrogens with two attached hydrogens (primary N) is 1. The normalized spacial score (nSPS) is 9.40. The maximum Gasteiger partial charge on any atom is 0.221 e. The lowest BCUT2D eigenvalue weighted by Crippen LogP contribution is -2.19. The zero-order valence-electron chi connectivity index (χ0n) is 8.41. The number of carbonyl (C=O) groups excluding carboxylic acids is 1. The Morgan fingerprint density at radius 1 is 1.60 bits per heavy atom. The van der Waals surface area contributed by atoms with Crippen LogP contribution in [0.4, 0.5) is 5.69 Å². The summed E-state index contributed by atoms with van der Waals surface area (Å²) >= 11 is 0. The third kappa shape index (κ3) is 4.12. The van der Waals surface area contributed by atoms with E-state index in [0.717, 1.165) is 0 Å². The van der Waals surface area contributed by atoms with Gasteiger partial charge in [-0.2, -0.15) is 0 Å². The Bertz CT molecular complexity index is 377. The molecule has 0 atom stereocenters. The third-order valence-corrected chi connectivity index (χ3v) is 1.55. The molecule has 1 rings (SSSR count). The number of hydrogen-bond acceptors (Lipinski definition) is 3. The summed E-state index contributed by atoms with van der Waals surface area (Å²) < 4.78 is 5.19. The zero-order chi connectivity index (χ0) is 11.3. The molecule has 0 radical (unpaired) electrons. The molecule has 0 aromatic heterocycles. The fourth-order valence-corrected chi connectivity index (χ4v) is 1.03. The van der Waals surface area contributed by atoms with Gasteiger partial charge in [-0.15, -0.1) is 0 Å². The lowest BCUT2D eigenvalue weighted by atomic mass is 10.3. The Labute approximate surface area is 87.7 Å². The Balaban J connectivity index is 2.65. The molecule has 5 heteroatoms. The van der Waals surface area contributed by atoms with Crippen molar-refractivity contribution in [2.75, 3.05) is 11.9 Å². The van der Waals surface area contributed by atoms with Crippen LogP contribution in [0.1, 0.15) is 6.92 Å². The Morgan fingerprint density at radius 3 is 2.93 bits per heavy atom. The van der Waals surface area contributed by atoms with Gasteiger partial charge in [-0.3, -0.25) is 10.2 Å². The average Bonchev–Trinajstić information content (AvgIpc) is 2.14. The molecule has 1 aromatic carbocycles. The predicted octanol–water partition coefficient (Wildman–Crippen LogP) is 0.960. The maximum absolute atomic E-state index is 10.8. The van der Waals surface area contributed by atoms with Crippen molar-refractivity contribution in [1.82, 2.24) is 0 Å². The summed E-state index contributed by atoms with van der Waals surface area (Å²) in [5, 5.41) is 9.62. The number of amidine groups is 1. The largest absolute Gasteiger partial charge is 0.486 e. The first-order valence-electron chi connectivity index (χ1n) is 4.41. The average molecular weight is 207 g/mol. The molecule has 80 valence electrons. The van der Waals surface area contributed by atoms with E-state index in [4.69, 9.17) is 15.9 Å². The first-order valence-corrected chi connectivity index (χ1v) is 4.41. The van der Waals surface area contributed by atoms with E-state index in [1.165, 1.54) is 6.92 Å². The van der Waals surface area contributed by atoms with E-state index in [2.05, 4.69) is 5.32 Å². The Morgan fingerprint density at radius 2 is 2.33 bits per heavy atom. The smallest absolute Gasteiger partial charge is 0.221 e. The van der Waals surface area contributed by atoms with Crippen molar-refractivity contribution in [3.63, 3.8) is 0 Å². The van der Waals surface area contributed by atoms with Crippen LogP contribution in [0, 0.1) is 5.41 Å². The molecule has 4 N–H and O–H groups in total. The van der Waals surface area contributed by atoms with Crippen LogP contribution in [0.3, 0.4) is 0 Å². The topological polar surface area (TPSA) is 88.2 Å². The lowest BCUT2D eigenvalue weighted by molar-refractivity contribution is -0.114. The van der Waals surface area contributed by atoms with Gasteiger partial charge in [-0.1, -0.05) is 6.07 Å². The monoisotopic (exact) mass is 207 g/mol. The van der Waals surface area contributed by atoms with E-state index >= 15 is 0 Å². The highest BCUT2D eigenvalue weighted by Gasteiger charge is 1.98. The number of nitrogens with one attached hydrogen (secondary N) is 2. The molecule has 0 bridgehead atoms. The van der Waals surface area contributed by atoms with Crippen molar-refractivity contribution in [2.45, 2.75) is 6.92 Å². The summed E-state index contributed by atoms with van der Waals surface area (Å²) in [7, 11) is 0. The van der Waals surface area contributed by atoms with Gasteiger partial charge in [0.15, 0.2) is 0 Å². The van der Waals surface area contributed by atoms with Crippen molar-refractivity contribution >= 4 is 17.4 Å². The van der Waals surface area contributed by atoms with Crippen molar-refractivity contribution in [2.24, 2.45) is 5.73 Å². The van der Waals surface area contributed by atoms with Crippen LogP contribution in [0.5, 0.6) is 5.75 Å². The first kappa shape index (κ1) is 11.0. The van der Waals surface area contributed by atoms with E-state index in [-0.39, 0.29) is 18.3 Å². The molecule has 0 spiro atoms. The van der Waals surface area contributed by atoms with Crippen LogP contribution in [0.15, 0.2) is 24.3 Å². The maximum atomic E-state index is 10.8. The van der Waals surface area contributed by atoms with Crippen LogP contribution >= 0.6 is 0 Å². The van der Waals surface area contributed by atoms with E-state index in [0.29, 0.717) is 11.4 Å². The minimum Gasteiger partial charge on any atom is -0.486 e. The molecule has 0 heterocycles. The highest BCUT2D eigenvalue weighted by Crippen LogP contribution is 2.16. The fraction of sp³-hybridized carbons (Fsp3) is 0.200. The molecule has 0 aliphatic rings. The van der Waals surface area contributed by atoms with Crippen molar-refractivity contribution < 1.29 is 9.53 Å². The molecule has 0 fully saturated rings. The molecule has 0 saturated carbocycles. The molecule has 0 aliphatic carbocycles. The molecule has 5 nitrogen and oxygen atoms in total. The Hall–Kier alpha value is -2.04. The fourth-order valence-electron chi connectivity index (χ4n) is 1.03. The van der Waals surface area contributed by atoms with Gasteiger partial charge in [0.1, 0.15) is 18.2 Å². The lowest BCUT2D eigenvalue weighted by Gasteiger charge is -2.07. The second-order valence-corrected chi connectivity index (χ2v) is 3.02. The van der Waals surface area contributed by atoms with Gasteiger partial charge in [0.05, 0.1) is 0 Å². The molecule has 0 saturated heterocycles. The van der Waals surface area contributed by atoms with E-state index in [1.54, 1.807) is 24.3 Å². The summed E-state index contributed by atoms with van der Waals surface area (Å²) in [6, 6.07) is 6.90. The molecule has 0 unspecified atom stereocenters. The minimum absolute atomic E-state index is 0.0417. The molecular weight excluding hydrogens is 194 g/mol. The van der Waals surface area contributed by atoms with Crippen LogP contribution < -0.4 is 15.8 Å². The highest BCUT2D eigenvalue weighted by molar-refractivity contribution is 5.88. The van der Waals surface area contributed by atoms with Crippen LogP contribution in [0.2, 0.25) is 0 Å². The number of carbonyl (C=O) groups is 1. The van der Waals surface area contributed by atoms with Crippen molar-refractivity contribution in [1.29, 1.82) is 5.41 Å². The molecular formula is C10H13N3O2. The van der Waals surface area contributed by atoms with Gasteiger partial charge in [0.25, 0.3) is 0 Å². The number of anilines is 1. The summed E-state index contributed by atoms with van der Waals surface area (Å²) in [6.07, 6.45) is 0. The first-order chi connectivity index (χ1) is 7.08. The Kier molecular flexibility index (Phi) is 3.68. The zero-order valence-corrected chi connectivity index (χ0v) is 8.41. The van der Waals surface area contributed by atoms with Gasteiger partial charge in [-0.05, 0) is 12.1 Å². The van der Waals surface area contributed by atoms with Crippen LogP contribution in [0.25, 0.3) is 0 Å². The summed E-state index contributed by atoms with van der Waals surface area (Å²) in [6.45, 7) is 1.48. The number of benzene rings is 1. The predicted molar refractivity (Wildman–Crippen MR) is 58.2 cm³/mol. The van der Waals surface area contributed by atoms with Gasteiger partial charge in [-0.25, -0.2) is 0 Å². The highest BCUT2D eigenvalue weighted by atomic mass is 16.5. The second kappa shape index (κ2) is 4.99. The molecule has 0 aliphatic heterocycles. The summed E-state index contributed by atoms with van der Waals surface area (Å²) in [4.78, 5) is 10.8. The van der Waals surface area contributed by atoms with Gasteiger partial charge in [0.2, 0.25) is 5.91 Å². The quantitative estimate of drug-likeness (QED) is 0.507. The van der Waals surface area contributed by atoms with E-state index < -0.39 is 0 Å². The summed E-state index contributed by atoms with van der Waals surface area (Å²) in [5.74, 6) is 0.384. The van der Waals surface area contributed by atoms with Crippen molar-refractivity contribution in [3.8, 4) is 5.75 Å². The SMILES string of the molecule is CC(=O)Nc1cccc(OCC(=N)N)c1. The van der Waals surface area contributed by atoms with Gasteiger partial charge in [0, 0.05) is 18.7 Å². The van der Waals surface area contributed by atoms with Gasteiger partial charge < -0.3 is 15.8 Å². The van der Waals surface area contributed by atoms with Gasteiger partial charge >= 0.3 is 0 Å². The number of amides is 1. The van der Waals surface area contributed by atoms with E-state index in [1.807, 2.05) is 0 Å². The number of rotatable bonds is 4. The summed E-state index contributed by atoms with van der Waals surface area (Å²) in [5.41, 5.74) is 5.80. The van der Waals surface area contributed by atoms with E-state index in [9.17, 15) is 4.79 Å². The van der Waals surface area contributed by atoms with Crippen molar-refractivity contribution in [3.05, 3.63) is 24.3 Å². The van der Waals surface area contributed by atoms with Crippen LogP contribution in [-0.4, -0.2) is 18.3 Å². The molecule has 1 aromatic rings. The number of hydrogen-bond donors (Lipinski definition) is 3. The minimum atomic E-state index is -0.140. The molecule has 15 heavy (non-hydrogen) atoms. The third-order valence-electron chi connectivity index (χ3n) is 1.55. The van der Waals surface area contributed by atoms with Crippen LogP contribution in [-0.2, 0) is 4.79 Å².